The molecule has 0 aliphatic rings. The third-order valence-corrected chi connectivity index (χ3v) is 3.10. The number of aromatic nitrogens is 1. The van der Waals surface area contributed by atoms with E-state index >= 15 is 0 Å². The summed E-state index contributed by atoms with van der Waals surface area (Å²) in [6.45, 7) is 5.88. The van der Waals surface area contributed by atoms with Gasteiger partial charge in [-0.2, -0.15) is 0 Å². The quantitative estimate of drug-likeness (QED) is 0.809. The number of carbonyl (C=O) groups is 1. The van der Waals surface area contributed by atoms with Gasteiger partial charge in [0, 0.05) is 4.88 Å². The molecule has 0 saturated heterocycles. The van der Waals surface area contributed by atoms with E-state index in [1.807, 2.05) is 12.1 Å². The van der Waals surface area contributed by atoms with Gasteiger partial charge >= 0.3 is 5.97 Å². The monoisotopic (exact) mass is 221 g/mol. The van der Waals surface area contributed by atoms with Crippen LogP contribution in [0.3, 0.4) is 0 Å². The topological polar surface area (TPSA) is 42.1 Å². The molecule has 0 radical (unpaired) electrons. The van der Waals surface area contributed by atoms with Gasteiger partial charge < -0.3 is 9.72 Å². The van der Waals surface area contributed by atoms with Crippen molar-refractivity contribution in [2.24, 2.45) is 0 Å². The fraction of sp³-hybridized carbons (Fsp3) is 0.182. The number of thiophene rings is 1. The molecule has 78 valence electrons. The van der Waals surface area contributed by atoms with Crippen LogP contribution in [0.1, 0.15) is 22.3 Å². The Morgan fingerprint density at radius 3 is 3.07 bits per heavy atom. The van der Waals surface area contributed by atoms with Crippen LogP contribution >= 0.6 is 11.3 Å². The molecular weight excluding hydrogens is 210 g/mol. The van der Waals surface area contributed by atoms with Crippen molar-refractivity contribution in [3.63, 3.8) is 0 Å². The van der Waals surface area contributed by atoms with E-state index in [2.05, 4.69) is 11.6 Å². The lowest BCUT2D eigenvalue weighted by molar-refractivity contribution is 0.0520. The van der Waals surface area contributed by atoms with Gasteiger partial charge in [0.25, 0.3) is 0 Å². The van der Waals surface area contributed by atoms with Gasteiger partial charge in [-0.3, -0.25) is 0 Å². The van der Waals surface area contributed by atoms with E-state index in [0.29, 0.717) is 12.3 Å². The first-order valence-corrected chi connectivity index (χ1v) is 5.48. The number of hydrogen-bond donors (Lipinski definition) is 1. The number of carbonyl (C=O) groups excluding carboxylic acids is 1. The minimum absolute atomic E-state index is 0.305. The highest BCUT2D eigenvalue weighted by molar-refractivity contribution is 7.19. The number of nitrogens with one attached hydrogen (secondary N) is 1. The zero-order valence-electron chi connectivity index (χ0n) is 8.37. The molecule has 0 spiro atoms. The van der Waals surface area contributed by atoms with Gasteiger partial charge in [-0.05, 0) is 19.1 Å². The SMILES string of the molecule is C=Cc1cc2[nH]c(C(=O)OCC)cc2s1. The lowest BCUT2D eigenvalue weighted by atomic mass is 10.4. The summed E-state index contributed by atoms with van der Waals surface area (Å²) in [5, 5.41) is 0. The summed E-state index contributed by atoms with van der Waals surface area (Å²) in [5.41, 5.74) is 1.46. The maximum Gasteiger partial charge on any atom is 0.354 e. The minimum Gasteiger partial charge on any atom is -0.461 e. The van der Waals surface area contributed by atoms with Crippen LogP contribution in [-0.4, -0.2) is 17.6 Å². The van der Waals surface area contributed by atoms with Crippen molar-refractivity contribution >= 4 is 33.6 Å². The normalized spacial score (nSPS) is 10.5. The van der Waals surface area contributed by atoms with Crippen LogP contribution in [0.4, 0.5) is 0 Å². The Bertz CT molecular complexity index is 478. The molecule has 0 fully saturated rings. The number of ether oxygens (including phenoxy) is 1. The summed E-state index contributed by atoms with van der Waals surface area (Å²) < 4.78 is 5.95. The third-order valence-electron chi connectivity index (χ3n) is 2.02. The van der Waals surface area contributed by atoms with Gasteiger partial charge in [0.2, 0.25) is 0 Å². The average molecular weight is 221 g/mol. The summed E-state index contributed by atoms with van der Waals surface area (Å²) in [6, 6.07) is 3.78. The van der Waals surface area contributed by atoms with E-state index in [9.17, 15) is 4.79 Å². The Morgan fingerprint density at radius 2 is 2.47 bits per heavy atom. The molecule has 0 saturated carbocycles. The van der Waals surface area contributed by atoms with Crippen LogP contribution in [-0.2, 0) is 4.74 Å². The third kappa shape index (κ3) is 1.80. The van der Waals surface area contributed by atoms with Crippen LogP contribution in [0.15, 0.2) is 18.7 Å². The molecule has 0 amide bonds. The highest BCUT2D eigenvalue weighted by Gasteiger charge is 2.11. The van der Waals surface area contributed by atoms with Crippen molar-refractivity contribution in [3.8, 4) is 0 Å². The van der Waals surface area contributed by atoms with Crippen LogP contribution in [0, 0.1) is 0 Å². The standard InChI is InChI=1S/C11H11NO2S/c1-3-7-5-8-10(15-7)6-9(12-8)11(13)14-4-2/h3,5-6,12H,1,4H2,2H3. The number of esters is 1. The van der Waals surface area contributed by atoms with Crippen LogP contribution in [0.5, 0.6) is 0 Å². The minimum atomic E-state index is -0.305. The van der Waals surface area contributed by atoms with E-state index in [-0.39, 0.29) is 5.97 Å². The van der Waals surface area contributed by atoms with Crippen molar-refractivity contribution in [3.05, 3.63) is 29.3 Å². The summed E-state index contributed by atoms with van der Waals surface area (Å²) in [5.74, 6) is -0.305. The second-order valence-electron chi connectivity index (χ2n) is 3.03. The lowest BCUT2D eigenvalue weighted by Gasteiger charge is -1.96. The highest BCUT2D eigenvalue weighted by atomic mass is 32.1. The molecule has 4 heteroatoms. The van der Waals surface area contributed by atoms with Gasteiger partial charge in [0.15, 0.2) is 0 Å². The molecule has 3 nitrogen and oxygen atoms in total. The smallest absolute Gasteiger partial charge is 0.354 e. The molecule has 0 aromatic carbocycles. The average Bonchev–Trinajstić information content (AvgIpc) is 2.74. The van der Waals surface area contributed by atoms with Gasteiger partial charge in [-0.15, -0.1) is 11.3 Å². The van der Waals surface area contributed by atoms with Gasteiger partial charge in [0.1, 0.15) is 5.69 Å². The summed E-state index contributed by atoms with van der Waals surface area (Å²) >= 11 is 1.60. The maximum absolute atomic E-state index is 11.4. The second kappa shape index (κ2) is 3.90. The Labute approximate surface area is 91.4 Å². The zero-order valence-corrected chi connectivity index (χ0v) is 9.19. The molecule has 0 aliphatic heterocycles. The number of H-pyrrole nitrogens is 1. The van der Waals surface area contributed by atoms with Crippen molar-refractivity contribution in [2.75, 3.05) is 6.61 Å². The molecule has 0 aliphatic carbocycles. The van der Waals surface area contributed by atoms with Gasteiger partial charge in [-0.25, -0.2) is 4.79 Å². The molecule has 2 rings (SSSR count). The molecule has 1 N–H and O–H groups in total. The van der Waals surface area contributed by atoms with E-state index in [1.54, 1.807) is 24.3 Å². The summed E-state index contributed by atoms with van der Waals surface area (Å²) in [4.78, 5) is 15.5. The largest absolute Gasteiger partial charge is 0.461 e. The molecule has 0 bridgehead atoms. The summed E-state index contributed by atoms with van der Waals surface area (Å²) in [7, 11) is 0. The molecule has 2 aromatic rings. The first kappa shape index (κ1) is 9.98. The second-order valence-corrected chi connectivity index (χ2v) is 4.15. The molecule has 0 atom stereocenters. The van der Waals surface area contributed by atoms with Crippen LogP contribution in [0.25, 0.3) is 16.3 Å². The predicted molar refractivity (Wildman–Crippen MR) is 62.2 cm³/mol. The summed E-state index contributed by atoms with van der Waals surface area (Å²) in [6.07, 6.45) is 1.79. The van der Waals surface area contributed by atoms with E-state index in [0.717, 1.165) is 15.1 Å². The Balaban J connectivity index is 2.36. The fourth-order valence-electron chi connectivity index (χ4n) is 1.36. The van der Waals surface area contributed by atoms with E-state index < -0.39 is 0 Å². The Hall–Kier alpha value is -1.55. The van der Waals surface area contributed by atoms with Crippen LogP contribution in [0.2, 0.25) is 0 Å². The fourth-order valence-corrected chi connectivity index (χ4v) is 2.27. The predicted octanol–water partition coefficient (Wildman–Crippen LogP) is 3.05. The van der Waals surface area contributed by atoms with E-state index in [1.165, 1.54) is 0 Å². The molecular formula is C11H11NO2S. The number of aromatic amines is 1. The van der Waals surface area contributed by atoms with Gasteiger partial charge in [-0.1, -0.05) is 12.7 Å². The maximum atomic E-state index is 11.4. The van der Waals surface area contributed by atoms with E-state index in [4.69, 9.17) is 4.74 Å². The van der Waals surface area contributed by atoms with Crippen LogP contribution < -0.4 is 0 Å². The van der Waals surface area contributed by atoms with Crippen molar-refractivity contribution in [1.82, 2.24) is 4.98 Å². The first-order valence-electron chi connectivity index (χ1n) is 4.66. The zero-order chi connectivity index (χ0) is 10.8. The highest BCUT2D eigenvalue weighted by Crippen LogP contribution is 2.27. The Kier molecular flexibility index (Phi) is 2.60. The number of fused-ring (bicyclic) bond motifs is 1. The Morgan fingerprint density at radius 1 is 1.67 bits per heavy atom. The molecule has 15 heavy (non-hydrogen) atoms. The molecule has 0 unspecified atom stereocenters. The van der Waals surface area contributed by atoms with Gasteiger partial charge in [0.05, 0.1) is 16.8 Å². The van der Waals surface area contributed by atoms with Crippen molar-refractivity contribution in [2.45, 2.75) is 6.92 Å². The van der Waals surface area contributed by atoms with Crippen molar-refractivity contribution < 1.29 is 9.53 Å². The number of hydrogen-bond acceptors (Lipinski definition) is 3. The van der Waals surface area contributed by atoms with Crippen molar-refractivity contribution in [1.29, 1.82) is 0 Å². The first-order chi connectivity index (χ1) is 7.24. The molecule has 2 aromatic heterocycles. The molecule has 2 heterocycles. The lowest BCUT2D eigenvalue weighted by Crippen LogP contribution is -2.04. The number of rotatable bonds is 3.